The van der Waals surface area contributed by atoms with Crippen molar-refractivity contribution in [1.29, 1.82) is 5.26 Å². The molecule has 0 radical (unpaired) electrons. The quantitative estimate of drug-likeness (QED) is 0.529. The highest BCUT2D eigenvalue weighted by Gasteiger charge is 2.26. The van der Waals surface area contributed by atoms with Gasteiger partial charge in [-0.3, -0.25) is 4.79 Å². The molecule has 0 spiro atoms. The molecule has 0 unspecified atom stereocenters. The molecule has 1 aromatic heterocycles. The number of rotatable bonds is 3. The summed E-state index contributed by atoms with van der Waals surface area (Å²) in [6, 6.07) is 14.2. The van der Waals surface area contributed by atoms with E-state index >= 15 is 0 Å². The minimum Gasteiger partial charge on any atom is -0.342 e. The number of imidazole rings is 1. The normalized spacial score (nSPS) is 15.8. The van der Waals surface area contributed by atoms with Crippen LogP contribution >= 0.6 is 0 Å². The van der Waals surface area contributed by atoms with Crippen LogP contribution in [0.1, 0.15) is 76.6 Å². The Labute approximate surface area is 214 Å². The summed E-state index contributed by atoms with van der Waals surface area (Å²) in [6.45, 7) is 11.5. The first kappa shape index (κ1) is 25.7. The fourth-order valence-corrected chi connectivity index (χ4v) is 5.29. The number of aromatic amines is 1. The number of aryl methyl sites for hydroxylation is 2. The summed E-state index contributed by atoms with van der Waals surface area (Å²) in [5.41, 5.74) is 8.22. The van der Waals surface area contributed by atoms with Crippen molar-refractivity contribution in [3.63, 3.8) is 0 Å². The minimum absolute atomic E-state index is 0.106. The lowest BCUT2D eigenvalue weighted by Crippen LogP contribution is -2.38. The molecule has 3 heterocycles. The van der Waals surface area contributed by atoms with Gasteiger partial charge in [-0.25, -0.2) is 4.98 Å². The van der Waals surface area contributed by atoms with E-state index in [-0.39, 0.29) is 5.91 Å². The predicted octanol–water partition coefficient (Wildman–Crippen LogP) is 5.30. The number of nitrogens with zero attached hydrogens (tertiary/aromatic N) is 3. The van der Waals surface area contributed by atoms with Crippen LogP contribution in [-0.2, 0) is 12.8 Å². The second kappa shape index (κ2) is 11.5. The number of piperidine rings is 1. The minimum atomic E-state index is 0.106. The van der Waals surface area contributed by atoms with Gasteiger partial charge in [0.2, 0.25) is 0 Å². The van der Waals surface area contributed by atoms with Crippen LogP contribution in [-0.4, -0.2) is 47.0 Å². The van der Waals surface area contributed by atoms with Crippen molar-refractivity contribution < 1.29 is 4.79 Å². The molecule has 6 nitrogen and oxygen atoms in total. The Morgan fingerprint density at radius 1 is 1.03 bits per heavy atom. The number of hydrogen-bond acceptors (Lipinski definition) is 4. The summed E-state index contributed by atoms with van der Waals surface area (Å²) in [5.74, 6) is 1.41. The third kappa shape index (κ3) is 5.37. The highest BCUT2D eigenvalue weighted by atomic mass is 16.2. The number of H-pyrrole nitrogens is 1. The molecule has 2 aromatic carbocycles. The first-order valence-corrected chi connectivity index (χ1v) is 13.2. The second-order valence-electron chi connectivity index (χ2n) is 9.54. The number of likely N-dealkylation sites (tertiary alicyclic amines) is 1. The number of aromatic nitrogens is 2. The Morgan fingerprint density at radius 2 is 1.72 bits per heavy atom. The summed E-state index contributed by atoms with van der Waals surface area (Å²) in [7, 11) is 0. The Hall–Kier alpha value is -3.43. The van der Waals surface area contributed by atoms with Gasteiger partial charge in [0.1, 0.15) is 5.82 Å². The molecule has 1 saturated heterocycles. The molecule has 36 heavy (non-hydrogen) atoms. The number of fused-ring (bicyclic) bond motifs is 1. The molecule has 1 amide bonds. The van der Waals surface area contributed by atoms with Crippen molar-refractivity contribution in [2.75, 3.05) is 26.2 Å². The van der Waals surface area contributed by atoms with Crippen LogP contribution in [0.25, 0.3) is 11.4 Å². The van der Waals surface area contributed by atoms with E-state index in [4.69, 9.17) is 10.2 Å². The van der Waals surface area contributed by atoms with Crippen LogP contribution < -0.4 is 5.32 Å². The zero-order valence-electron chi connectivity index (χ0n) is 21.9. The van der Waals surface area contributed by atoms with Gasteiger partial charge in [0.25, 0.3) is 5.91 Å². The van der Waals surface area contributed by atoms with Crippen LogP contribution in [0.3, 0.4) is 0 Å². The monoisotopic (exact) mass is 483 g/mol. The number of benzene rings is 2. The third-order valence-electron chi connectivity index (χ3n) is 7.31. The molecule has 2 aliphatic heterocycles. The molecule has 3 aromatic rings. The van der Waals surface area contributed by atoms with E-state index in [1.54, 1.807) is 0 Å². The van der Waals surface area contributed by atoms with Gasteiger partial charge in [0, 0.05) is 55.8 Å². The summed E-state index contributed by atoms with van der Waals surface area (Å²) < 4.78 is 0. The summed E-state index contributed by atoms with van der Waals surface area (Å²) in [6.07, 6.45) is 3.76. The lowest BCUT2D eigenvalue weighted by molar-refractivity contribution is 0.0712. The van der Waals surface area contributed by atoms with Gasteiger partial charge < -0.3 is 15.2 Å². The average molecular weight is 484 g/mol. The highest BCUT2D eigenvalue weighted by molar-refractivity contribution is 5.97. The molecule has 0 bridgehead atoms. The number of nitrogens with one attached hydrogen (secondary N) is 2. The van der Waals surface area contributed by atoms with Gasteiger partial charge in [-0.1, -0.05) is 32.0 Å². The van der Waals surface area contributed by atoms with E-state index in [0.29, 0.717) is 11.5 Å². The number of carbonyl (C=O) groups is 1. The fourth-order valence-electron chi connectivity index (χ4n) is 5.29. The van der Waals surface area contributed by atoms with Crippen LogP contribution in [0.5, 0.6) is 0 Å². The first-order chi connectivity index (χ1) is 17.5. The molecule has 2 aliphatic rings. The number of amides is 1. The molecular formula is C30H37N5O. The lowest BCUT2D eigenvalue weighted by Gasteiger charge is -2.32. The average Bonchev–Trinajstić information content (AvgIpc) is 3.19. The zero-order chi connectivity index (χ0) is 25.7. The predicted molar refractivity (Wildman–Crippen MR) is 144 cm³/mol. The van der Waals surface area contributed by atoms with Gasteiger partial charge >= 0.3 is 0 Å². The van der Waals surface area contributed by atoms with Gasteiger partial charge in [-0.15, -0.1) is 0 Å². The standard InChI is InChI=1S/C28H31N5O.C2H6/c1-18-15-19(2)24(16-23(18)27-31-25-7-11-30-12-8-26(25)32-27)28(34)33-13-9-22(10-14-33)21-5-3-20(17-29)4-6-21;1-2/h3-6,15-16,22,30H,7-14H2,1-2H3,(H,31,32);1-2H3. The van der Waals surface area contributed by atoms with Crippen molar-refractivity contribution >= 4 is 5.91 Å². The van der Waals surface area contributed by atoms with Crippen molar-refractivity contribution in [3.8, 4) is 17.5 Å². The van der Waals surface area contributed by atoms with Crippen LogP contribution in [0.4, 0.5) is 0 Å². The van der Waals surface area contributed by atoms with E-state index in [0.717, 1.165) is 85.6 Å². The zero-order valence-corrected chi connectivity index (χ0v) is 21.9. The molecule has 6 heteroatoms. The highest BCUT2D eigenvalue weighted by Crippen LogP contribution is 2.31. The smallest absolute Gasteiger partial charge is 0.254 e. The summed E-state index contributed by atoms with van der Waals surface area (Å²) in [5, 5.41) is 12.4. The van der Waals surface area contributed by atoms with Crippen LogP contribution in [0.2, 0.25) is 0 Å². The van der Waals surface area contributed by atoms with Gasteiger partial charge in [-0.2, -0.15) is 5.26 Å². The van der Waals surface area contributed by atoms with Crippen LogP contribution in [0.15, 0.2) is 36.4 Å². The number of hydrogen-bond donors (Lipinski definition) is 2. The van der Waals surface area contributed by atoms with Crippen LogP contribution in [0, 0.1) is 25.2 Å². The van der Waals surface area contributed by atoms with Crippen molar-refractivity contribution in [1.82, 2.24) is 20.2 Å². The molecule has 188 valence electrons. The molecule has 5 rings (SSSR count). The molecule has 0 atom stereocenters. The maximum atomic E-state index is 13.5. The van der Waals surface area contributed by atoms with E-state index in [9.17, 15) is 4.79 Å². The van der Waals surface area contributed by atoms with Crippen molar-refractivity contribution in [2.45, 2.75) is 59.3 Å². The molecule has 0 saturated carbocycles. The summed E-state index contributed by atoms with van der Waals surface area (Å²) >= 11 is 0. The van der Waals surface area contributed by atoms with Gasteiger partial charge in [0.05, 0.1) is 17.3 Å². The SMILES string of the molecule is CC.Cc1cc(C)c(-c2nc3c([nH]2)CCNCC3)cc1C(=O)N1CCC(c2ccc(C#N)cc2)CC1. The first-order valence-electron chi connectivity index (χ1n) is 13.2. The summed E-state index contributed by atoms with van der Waals surface area (Å²) in [4.78, 5) is 24.0. The van der Waals surface area contributed by atoms with E-state index < -0.39 is 0 Å². The molecular weight excluding hydrogens is 446 g/mol. The Balaban J connectivity index is 0.00000148. The van der Waals surface area contributed by atoms with E-state index in [1.165, 1.54) is 11.3 Å². The fraction of sp³-hybridized carbons (Fsp3) is 0.433. The topological polar surface area (TPSA) is 84.8 Å². The Bertz CT molecular complexity index is 1220. The maximum Gasteiger partial charge on any atom is 0.254 e. The second-order valence-corrected chi connectivity index (χ2v) is 9.54. The largest absolute Gasteiger partial charge is 0.342 e. The Morgan fingerprint density at radius 3 is 2.42 bits per heavy atom. The molecule has 1 fully saturated rings. The third-order valence-corrected chi connectivity index (χ3v) is 7.31. The van der Waals surface area contributed by atoms with Crippen molar-refractivity contribution in [3.05, 3.63) is 75.6 Å². The maximum absolute atomic E-state index is 13.5. The van der Waals surface area contributed by atoms with E-state index in [2.05, 4.69) is 41.5 Å². The Kier molecular flexibility index (Phi) is 8.22. The number of carbonyl (C=O) groups excluding carboxylic acids is 1. The lowest BCUT2D eigenvalue weighted by atomic mass is 9.88. The van der Waals surface area contributed by atoms with Crippen molar-refractivity contribution in [2.24, 2.45) is 0 Å². The number of nitriles is 1. The van der Waals surface area contributed by atoms with Gasteiger partial charge in [0.15, 0.2) is 0 Å². The van der Waals surface area contributed by atoms with Gasteiger partial charge in [-0.05, 0) is 67.5 Å². The molecule has 0 aliphatic carbocycles. The van der Waals surface area contributed by atoms with E-state index in [1.807, 2.05) is 43.9 Å². The molecule has 2 N–H and O–H groups in total.